The van der Waals surface area contributed by atoms with Crippen LogP contribution in [0.3, 0.4) is 0 Å². The summed E-state index contributed by atoms with van der Waals surface area (Å²) >= 11 is 0. The first kappa shape index (κ1) is 18.0. The van der Waals surface area contributed by atoms with Gasteiger partial charge in [0.15, 0.2) is 0 Å². The third-order valence-corrected chi connectivity index (χ3v) is 4.80. The second-order valence-corrected chi connectivity index (χ2v) is 6.81. The van der Waals surface area contributed by atoms with E-state index in [4.69, 9.17) is 4.74 Å². The van der Waals surface area contributed by atoms with Gasteiger partial charge in [0.25, 0.3) is 0 Å². The fourth-order valence-electron chi connectivity index (χ4n) is 3.33. The second-order valence-electron chi connectivity index (χ2n) is 6.81. The Bertz CT molecular complexity index is 1050. The summed E-state index contributed by atoms with van der Waals surface area (Å²) in [6.45, 7) is 5.58. The van der Waals surface area contributed by atoms with E-state index in [1.54, 1.807) is 6.07 Å². The van der Waals surface area contributed by atoms with Crippen LogP contribution in [0.4, 0.5) is 11.6 Å². The molecule has 3 aromatic rings. The van der Waals surface area contributed by atoms with Crippen molar-refractivity contribution < 1.29 is 4.74 Å². The maximum absolute atomic E-state index is 9.33. The summed E-state index contributed by atoms with van der Waals surface area (Å²) in [7, 11) is 0. The number of fused-ring (bicyclic) bond motifs is 1. The van der Waals surface area contributed by atoms with Crippen molar-refractivity contribution in [1.82, 2.24) is 15.3 Å². The molecular weight excluding hydrogens is 350 g/mol. The summed E-state index contributed by atoms with van der Waals surface area (Å²) in [6, 6.07) is 15.6. The molecule has 0 saturated heterocycles. The van der Waals surface area contributed by atoms with Gasteiger partial charge in [0, 0.05) is 12.1 Å². The molecule has 2 N–H and O–H groups in total. The molecule has 1 aliphatic heterocycles. The molecule has 1 aliphatic rings. The van der Waals surface area contributed by atoms with Crippen molar-refractivity contribution in [3.63, 3.8) is 0 Å². The number of para-hydroxylation sites is 2. The first-order valence-corrected chi connectivity index (χ1v) is 9.26. The van der Waals surface area contributed by atoms with Crippen molar-refractivity contribution in [3.05, 3.63) is 70.4 Å². The summed E-state index contributed by atoms with van der Waals surface area (Å²) in [5.41, 5.74) is 5.28. The van der Waals surface area contributed by atoms with Crippen molar-refractivity contribution >= 4 is 11.6 Å². The Balaban J connectivity index is 1.75. The number of nitriles is 1. The highest BCUT2D eigenvalue weighted by atomic mass is 16.5. The predicted molar refractivity (Wildman–Crippen MR) is 108 cm³/mol. The molecule has 4 rings (SSSR count). The molecule has 6 nitrogen and oxygen atoms in total. The van der Waals surface area contributed by atoms with E-state index in [1.165, 1.54) is 0 Å². The quantitative estimate of drug-likeness (QED) is 0.717. The minimum Gasteiger partial charge on any atom is -0.438 e. The van der Waals surface area contributed by atoms with Crippen LogP contribution in [0.25, 0.3) is 0 Å². The average molecular weight is 371 g/mol. The Kier molecular flexibility index (Phi) is 4.92. The highest BCUT2D eigenvalue weighted by Gasteiger charge is 2.20. The van der Waals surface area contributed by atoms with Gasteiger partial charge in [-0.3, -0.25) is 0 Å². The Hall–Kier alpha value is -3.43. The van der Waals surface area contributed by atoms with E-state index in [9.17, 15) is 5.26 Å². The molecule has 0 saturated carbocycles. The smallest absolute Gasteiger partial charge is 0.230 e. The average Bonchev–Trinajstić information content (AvgIpc) is 2.71. The lowest BCUT2D eigenvalue weighted by Gasteiger charge is -2.21. The zero-order valence-electron chi connectivity index (χ0n) is 15.9. The molecule has 0 fully saturated rings. The van der Waals surface area contributed by atoms with Crippen LogP contribution in [-0.4, -0.2) is 16.5 Å². The number of hydrogen-bond donors (Lipinski definition) is 2. The highest BCUT2D eigenvalue weighted by molar-refractivity contribution is 5.63. The summed E-state index contributed by atoms with van der Waals surface area (Å²) in [4.78, 5) is 9.31. The Morgan fingerprint density at radius 1 is 1.07 bits per heavy atom. The molecule has 0 radical (unpaired) electrons. The molecule has 2 aromatic carbocycles. The van der Waals surface area contributed by atoms with E-state index in [2.05, 4.69) is 26.7 Å². The van der Waals surface area contributed by atoms with Crippen LogP contribution in [0, 0.1) is 25.2 Å². The molecule has 0 unspecified atom stereocenters. The van der Waals surface area contributed by atoms with Gasteiger partial charge in [-0.05, 0) is 50.1 Å². The van der Waals surface area contributed by atoms with Gasteiger partial charge in [-0.1, -0.05) is 30.3 Å². The van der Waals surface area contributed by atoms with Crippen molar-refractivity contribution in [2.45, 2.75) is 26.8 Å². The monoisotopic (exact) mass is 371 g/mol. The van der Waals surface area contributed by atoms with Gasteiger partial charge in [-0.25, -0.2) is 4.98 Å². The zero-order chi connectivity index (χ0) is 19.5. The number of rotatable bonds is 4. The molecule has 6 heteroatoms. The van der Waals surface area contributed by atoms with E-state index >= 15 is 0 Å². The van der Waals surface area contributed by atoms with E-state index in [0.717, 1.165) is 41.1 Å². The number of hydrogen-bond acceptors (Lipinski definition) is 6. The molecule has 0 atom stereocenters. The van der Waals surface area contributed by atoms with E-state index in [0.29, 0.717) is 29.6 Å². The first-order chi connectivity index (χ1) is 13.7. The van der Waals surface area contributed by atoms with E-state index in [-0.39, 0.29) is 0 Å². The topological polar surface area (TPSA) is 82.9 Å². The standard InChI is InChI=1S/C22H21N5O/c1-14-6-5-7-15(2)20(14)28-21-17-10-11-24-13-19(17)26-22(27-21)25-18-9-4-3-8-16(18)12-23/h3-9,24H,10-11,13H2,1-2H3,(H,25,26,27). The second kappa shape index (κ2) is 7.67. The van der Waals surface area contributed by atoms with Crippen LogP contribution in [0.1, 0.15) is 27.9 Å². The molecule has 0 aliphatic carbocycles. The Labute approximate surface area is 164 Å². The highest BCUT2D eigenvalue weighted by Crippen LogP contribution is 2.33. The maximum Gasteiger partial charge on any atom is 0.230 e. The molecular formula is C22H21N5O. The van der Waals surface area contributed by atoms with Crippen molar-refractivity contribution in [2.75, 3.05) is 11.9 Å². The molecule has 2 heterocycles. The van der Waals surface area contributed by atoms with Crippen LogP contribution < -0.4 is 15.4 Å². The van der Waals surface area contributed by atoms with Crippen LogP contribution in [0.2, 0.25) is 0 Å². The molecule has 0 spiro atoms. The van der Waals surface area contributed by atoms with Gasteiger partial charge in [0.05, 0.1) is 16.9 Å². The van der Waals surface area contributed by atoms with Gasteiger partial charge in [0.1, 0.15) is 11.8 Å². The molecule has 140 valence electrons. The first-order valence-electron chi connectivity index (χ1n) is 9.26. The van der Waals surface area contributed by atoms with Crippen molar-refractivity contribution in [1.29, 1.82) is 5.26 Å². The number of nitrogens with zero attached hydrogens (tertiary/aromatic N) is 3. The minimum absolute atomic E-state index is 0.423. The van der Waals surface area contributed by atoms with Gasteiger partial charge in [0.2, 0.25) is 11.8 Å². The number of aromatic nitrogens is 2. The summed E-state index contributed by atoms with van der Waals surface area (Å²) in [5, 5.41) is 15.9. The van der Waals surface area contributed by atoms with Crippen molar-refractivity contribution in [3.8, 4) is 17.7 Å². The Morgan fingerprint density at radius 2 is 1.86 bits per heavy atom. The molecule has 1 aromatic heterocycles. The van der Waals surface area contributed by atoms with Gasteiger partial charge in [-0.15, -0.1) is 0 Å². The fraction of sp³-hybridized carbons (Fsp3) is 0.227. The lowest BCUT2D eigenvalue weighted by Crippen LogP contribution is -2.26. The largest absolute Gasteiger partial charge is 0.438 e. The summed E-state index contributed by atoms with van der Waals surface area (Å²) < 4.78 is 6.29. The molecule has 0 amide bonds. The number of aryl methyl sites for hydroxylation is 2. The van der Waals surface area contributed by atoms with Crippen LogP contribution in [0.5, 0.6) is 11.6 Å². The van der Waals surface area contributed by atoms with Crippen LogP contribution in [-0.2, 0) is 13.0 Å². The minimum atomic E-state index is 0.423. The molecule has 28 heavy (non-hydrogen) atoms. The third kappa shape index (κ3) is 3.53. The van der Waals surface area contributed by atoms with Crippen LogP contribution >= 0.6 is 0 Å². The van der Waals surface area contributed by atoms with Gasteiger partial charge in [-0.2, -0.15) is 10.2 Å². The predicted octanol–water partition coefficient (Wildman–Crippen LogP) is 4.15. The van der Waals surface area contributed by atoms with E-state index in [1.807, 2.05) is 50.2 Å². The number of ether oxygens (including phenoxy) is 1. The van der Waals surface area contributed by atoms with Gasteiger partial charge >= 0.3 is 0 Å². The maximum atomic E-state index is 9.33. The molecule has 0 bridgehead atoms. The fourth-order valence-corrected chi connectivity index (χ4v) is 3.33. The Morgan fingerprint density at radius 3 is 2.64 bits per heavy atom. The normalized spacial score (nSPS) is 12.8. The SMILES string of the molecule is Cc1cccc(C)c1Oc1nc(Nc2ccccc2C#N)nc2c1CCNC2. The van der Waals surface area contributed by atoms with Crippen LogP contribution in [0.15, 0.2) is 42.5 Å². The van der Waals surface area contributed by atoms with Gasteiger partial charge < -0.3 is 15.4 Å². The number of anilines is 2. The summed E-state index contributed by atoms with van der Waals surface area (Å²) in [6.07, 6.45) is 0.810. The number of benzene rings is 2. The zero-order valence-corrected chi connectivity index (χ0v) is 15.9. The van der Waals surface area contributed by atoms with E-state index < -0.39 is 0 Å². The summed E-state index contributed by atoms with van der Waals surface area (Å²) in [5.74, 6) is 1.82. The lowest BCUT2D eigenvalue weighted by atomic mass is 10.1. The third-order valence-electron chi connectivity index (χ3n) is 4.80. The lowest BCUT2D eigenvalue weighted by molar-refractivity contribution is 0.441. The number of nitrogens with one attached hydrogen (secondary N) is 2. The van der Waals surface area contributed by atoms with Crippen molar-refractivity contribution in [2.24, 2.45) is 0 Å².